The van der Waals surface area contributed by atoms with Gasteiger partial charge in [-0.15, -0.1) is 0 Å². The van der Waals surface area contributed by atoms with Crippen LogP contribution >= 0.6 is 11.6 Å². The van der Waals surface area contributed by atoms with Gasteiger partial charge in [0.25, 0.3) is 0 Å². The van der Waals surface area contributed by atoms with Crippen LogP contribution in [-0.2, 0) is 16.0 Å². The van der Waals surface area contributed by atoms with Crippen molar-refractivity contribution in [1.29, 1.82) is 0 Å². The molecule has 1 aromatic heterocycles. The second-order valence-electron chi connectivity index (χ2n) is 8.49. The highest BCUT2D eigenvalue weighted by Gasteiger charge is 2.34. The Hall–Kier alpha value is -2.67. The Morgan fingerprint density at radius 3 is 2.74 bits per heavy atom. The van der Waals surface area contributed by atoms with E-state index in [0.29, 0.717) is 30.4 Å². The first-order chi connectivity index (χ1) is 14.7. The van der Waals surface area contributed by atoms with E-state index in [1.165, 1.54) is 0 Å². The Balaban J connectivity index is 1.81. The zero-order chi connectivity index (χ0) is 22.6. The molecule has 0 radical (unpaired) electrons. The summed E-state index contributed by atoms with van der Waals surface area (Å²) in [5, 5.41) is 0.614. The number of hydrogen-bond acceptors (Lipinski definition) is 5. The van der Waals surface area contributed by atoms with Crippen LogP contribution in [0.4, 0.5) is 4.79 Å². The molecule has 2 heterocycles. The highest BCUT2D eigenvalue weighted by molar-refractivity contribution is 6.30. The quantitative estimate of drug-likeness (QED) is 0.621. The minimum Gasteiger partial charge on any atom is -0.461 e. The van der Waals surface area contributed by atoms with E-state index in [4.69, 9.17) is 21.1 Å². The number of nitrogens with one attached hydrogen (secondary N) is 1. The van der Waals surface area contributed by atoms with Crippen LogP contribution in [0.1, 0.15) is 68.2 Å². The molecule has 1 fully saturated rings. The monoisotopic (exact) mass is 447 g/mol. The first-order valence-electron chi connectivity index (χ1n) is 10.6. The van der Waals surface area contributed by atoms with Crippen LogP contribution in [0.5, 0.6) is 0 Å². The van der Waals surface area contributed by atoms with Gasteiger partial charge in [0, 0.05) is 17.8 Å². The summed E-state index contributed by atoms with van der Waals surface area (Å²) >= 11 is 6.31. The molecular weight excluding hydrogens is 418 g/mol. The molecule has 0 aliphatic carbocycles. The smallest absolute Gasteiger partial charge is 0.410 e. The van der Waals surface area contributed by atoms with E-state index in [-0.39, 0.29) is 18.1 Å². The largest absolute Gasteiger partial charge is 0.461 e. The van der Waals surface area contributed by atoms with Crippen molar-refractivity contribution in [1.82, 2.24) is 9.58 Å². The molecule has 1 aromatic carbocycles. The SMILES string of the molecule is CCOC(=O)c1cccn1NCc1ccc(Cl)cc1C1CCCN1C(=O)OC(C)(C)C. The predicted molar refractivity (Wildman–Crippen MR) is 120 cm³/mol. The molecule has 31 heavy (non-hydrogen) atoms. The Morgan fingerprint density at radius 2 is 2.03 bits per heavy atom. The van der Waals surface area contributed by atoms with E-state index in [9.17, 15) is 9.59 Å². The molecule has 1 atom stereocenters. The van der Waals surface area contributed by atoms with Crippen molar-refractivity contribution in [3.63, 3.8) is 0 Å². The molecule has 1 unspecified atom stereocenters. The van der Waals surface area contributed by atoms with Crippen molar-refractivity contribution in [3.8, 4) is 0 Å². The molecule has 8 heteroatoms. The average molecular weight is 448 g/mol. The van der Waals surface area contributed by atoms with E-state index in [0.717, 1.165) is 24.0 Å². The molecule has 2 aromatic rings. The van der Waals surface area contributed by atoms with Gasteiger partial charge in [-0.3, -0.25) is 4.68 Å². The van der Waals surface area contributed by atoms with E-state index in [1.807, 2.05) is 39.0 Å². The minimum atomic E-state index is -0.555. The van der Waals surface area contributed by atoms with Crippen molar-refractivity contribution in [2.24, 2.45) is 0 Å². The molecule has 1 N–H and O–H groups in total. The predicted octanol–water partition coefficient (Wildman–Crippen LogP) is 5.13. The normalized spacial score (nSPS) is 16.3. The standard InChI is InChI=1S/C23H30ClN3O4/c1-5-30-21(28)20-9-7-13-27(20)25-15-16-10-11-17(24)14-18(16)19-8-6-12-26(19)22(29)31-23(2,3)4/h7,9-11,13-14,19,25H,5-6,8,12,15H2,1-4H3. The van der Waals surface area contributed by atoms with Crippen LogP contribution < -0.4 is 5.43 Å². The molecule has 7 nitrogen and oxygen atoms in total. The van der Waals surface area contributed by atoms with Gasteiger partial charge in [0.2, 0.25) is 0 Å². The van der Waals surface area contributed by atoms with Crippen LogP contribution in [0.2, 0.25) is 5.02 Å². The maximum Gasteiger partial charge on any atom is 0.410 e. The van der Waals surface area contributed by atoms with Gasteiger partial charge in [-0.1, -0.05) is 17.7 Å². The number of carbonyl (C=O) groups excluding carboxylic acids is 2. The second kappa shape index (κ2) is 9.64. The number of likely N-dealkylation sites (tertiary alicyclic amines) is 1. The minimum absolute atomic E-state index is 0.112. The number of ether oxygens (including phenoxy) is 2. The van der Waals surface area contributed by atoms with Gasteiger partial charge < -0.3 is 19.8 Å². The van der Waals surface area contributed by atoms with Gasteiger partial charge in [-0.25, -0.2) is 9.59 Å². The number of esters is 1. The molecule has 0 spiro atoms. The third-order valence-corrected chi connectivity index (χ3v) is 5.26. The van der Waals surface area contributed by atoms with E-state index >= 15 is 0 Å². The first kappa shape index (κ1) is 23.0. The summed E-state index contributed by atoms with van der Waals surface area (Å²) in [5.41, 5.74) is 5.10. The zero-order valence-corrected chi connectivity index (χ0v) is 19.2. The lowest BCUT2D eigenvalue weighted by Gasteiger charge is -2.30. The summed E-state index contributed by atoms with van der Waals surface area (Å²) < 4.78 is 12.4. The molecule has 168 valence electrons. The number of nitrogens with zero attached hydrogens (tertiary/aromatic N) is 2. The number of rotatable bonds is 6. The highest BCUT2D eigenvalue weighted by atomic mass is 35.5. The van der Waals surface area contributed by atoms with Gasteiger partial charge >= 0.3 is 12.1 Å². The number of carbonyl (C=O) groups is 2. The maximum atomic E-state index is 12.8. The second-order valence-corrected chi connectivity index (χ2v) is 8.93. The van der Waals surface area contributed by atoms with Crippen LogP contribution in [0, 0.1) is 0 Å². The van der Waals surface area contributed by atoms with E-state index in [2.05, 4.69) is 5.43 Å². The van der Waals surface area contributed by atoms with Crippen LogP contribution in [0.15, 0.2) is 36.5 Å². The fourth-order valence-corrected chi connectivity index (χ4v) is 3.91. The van der Waals surface area contributed by atoms with Crippen molar-refractivity contribution in [2.75, 3.05) is 18.6 Å². The molecular formula is C23H30ClN3O4. The van der Waals surface area contributed by atoms with Crippen LogP contribution in [0.25, 0.3) is 0 Å². The topological polar surface area (TPSA) is 72.8 Å². The average Bonchev–Trinajstić information content (AvgIpc) is 3.35. The third-order valence-electron chi connectivity index (χ3n) is 5.02. The third kappa shape index (κ3) is 5.73. The number of benzene rings is 1. The lowest BCUT2D eigenvalue weighted by molar-refractivity contribution is 0.0223. The van der Waals surface area contributed by atoms with Gasteiger partial charge in [0.1, 0.15) is 11.3 Å². The molecule has 1 aliphatic rings. The lowest BCUT2D eigenvalue weighted by Crippen LogP contribution is -2.36. The zero-order valence-electron chi connectivity index (χ0n) is 18.5. The van der Waals surface area contributed by atoms with E-state index in [1.54, 1.807) is 34.8 Å². The summed E-state index contributed by atoms with van der Waals surface area (Å²) in [5.74, 6) is -0.386. The summed E-state index contributed by atoms with van der Waals surface area (Å²) in [4.78, 5) is 26.7. The maximum absolute atomic E-state index is 12.8. The highest BCUT2D eigenvalue weighted by Crippen LogP contribution is 2.36. The Kier molecular flexibility index (Phi) is 7.15. The van der Waals surface area contributed by atoms with Crippen molar-refractivity contribution in [3.05, 3.63) is 58.4 Å². The summed E-state index contributed by atoms with van der Waals surface area (Å²) in [6.45, 7) is 8.77. The number of aromatic nitrogens is 1. The Labute approximate surface area is 188 Å². The number of hydrogen-bond donors (Lipinski definition) is 1. The molecule has 0 saturated carbocycles. The van der Waals surface area contributed by atoms with Crippen LogP contribution in [0.3, 0.4) is 0 Å². The summed E-state index contributed by atoms with van der Waals surface area (Å²) in [6, 6.07) is 9.06. The van der Waals surface area contributed by atoms with Gasteiger partial charge in [0.05, 0.1) is 19.2 Å². The van der Waals surface area contributed by atoms with Gasteiger partial charge in [-0.2, -0.15) is 0 Å². The molecule has 1 aliphatic heterocycles. The van der Waals surface area contributed by atoms with Gasteiger partial charge in [0.15, 0.2) is 0 Å². The van der Waals surface area contributed by atoms with E-state index < -0.39 is 5.60 Å². The van der Waals surface area contributed by atoms with Crippen molar-refractivity contribution >= 4 is 23.7 Å². The molecule has 0 bridgehead atoms. The summed E-state index contributed by atoms with van der Waals surface area (Å²) in [6.07, 6.45) is 3.19. The first-order valence-corrected chi connectivity index (χ1v) is 10.9. The number of halogens is 1. The Morgan fingerprint density at radius 1 is 1.26 bits per heavy atom. The summed E-state index contributed by atoms with van der Waals surface area (Å²) in [7, 11) is 0. The number of amides is 1. The molecule has 1 saturated heterocycles. The van der Waals surface area contributed by atoms with Crippen molar-refractivity contribution in [2.45, 2.75) is 58.7 Å². The lowest BCUT2D eigenvalue weighted by atomic mass is 9.98. The van der Waals surface area contributed by atoms with Crippen molar-refractivity contribution < 1.29 is 19.1 Å². The Bertz CT molecular complexity index is 935. The molecule has 3 rings (SSSR count). The molecule has 1 amide bonds. The van der Waals surface area contributed by atoms with Crippen LogP contribution in [-0.4, -0.2) is 40.4 Å². The fourth-order valence-electron chi connectivity index (χ4n) is 3.73. The van der Waals surface area contributed by atoms with Gasteiger partial charge in [-0.05, 0) is 75.9 Å². The fraction of sp³-hybridized carbons (Fsp3) is 0.478.